The molecule has 2 rings (SSSR count). The van der Waals surface area contributed by atoms with Crippen LogP contribution in [0, 0.1) is 12.7 Å². The third kappa shape index (κ3) is 3.08. The maximum atomic E-state index is 13.3. The van der Waals surface area contributed by atoms with Gasteiger partial charge in [-0.25, -0.2) is 9.37 Å². The first kappa shape index (κ1) is 14.8. The summed E-state index contributed by atoms with van der Waals surface area (Å²) in [7, 11) is 0. The lowest BCUT2D eigenvalue weighted by Gasteiger charge is -2.21. The van der Waals surface area contributed by atoms with Crippen LogP contribution >= 0.6 is 11.6 Å². The summed E-state index contributed by atoms with van der Waals surface area (Å²) in [4.78, 5) is 4.18. The number of nitrogens with two attached hydrogens (primary N) is 1. The second-order valence-corrected chi connectivity index (χ2v) is 5.06. The second kappa shape index (κ2) is 6.20. The minimum atomic E-state index is -0.430. The molecule has 0 saturated carbocycles. The molecule has 2 aromatic rings. The zero-order valence-corrected chi connectivity index (χ0v) is 12.2. The van der Waals surface area contributed by atoms with Gasteiger partial charge in [-0.3, -0.25) is 0 Å². The standard InChI is InChI=1S/C15H17ClFN3/c1-3-19-14(10-4-5-13(17)12(16)7-10)11-6-9(2)8-20-15(11)18/h4-8,14,19H,3H2,1-2H3,(H2,18,20). The number of nitrogens with zero attached hydrogens (tertiary/aromatic N) is 1. The van der Waals surface area contributed by atoms with Crippen LogP contribution in [0.1, 0.15) is 29.7 Å². The van der Waals surface area contributed by atoms with E-state index in [4.69, 9.17) is 17.3 Å². The van der Waals surface area contributed by atoms with E-state index in [1.807, 2.05) is 19.9 Å². The fourth-order valence-corrected chi connectivity index (χ4v) is 2.33. The zero-order valence-electron chi connectivity index (χ0n) is 11.5. The van der Waals surface area contributed by atoms with Gasteiger partial charge in [-0.2, -0.15) is 0 Å². The van der Waals surface area contributed by atoms with Crippen LogP contribution in [-0.4, -0.2) is 11.5 Å². The van der Waals surface area contributed by atoms with Gasteiger partial charge in [0.2, 0.25) is 0 Å². The smallest absolute Gasteiger partial charge is 0.141 e. The number of nitrogens with one attached hydrogen (secondary N) is 1. The monoisotopic (exact) mass is 293 g/mol. The zero-order chi connectivity index (χ0) is 14.7. The molecule has 0 aliphatic carbocycles. The molecule has 106 valence electrons. The number of halogens is 2. The van der Waals surface area contributed by atoms with Crippen molar-refractivity contribution in [2.75, 3.05) is 12.3 Å². The van der Waals surface area contributed by atoms with Crippen LogP contribution in [0.25, 0.3) is 0 Å². The fourth-order valence-electron chi connectivity index (χ4n) is 2.14. The van der Waals surface area contributed by atoms with Crippen molar-refractivity contribution in [1.29, 1.82) is 0 Å². The van der Waals surface area contributed by atoms with Gasteiger partial charge in [0.15, 0.2) is 0 Å². The molecule has 0 aliphatic rings. The van der Waals surface area contributed by atoms with Crippen molar-refractivity contribution >= 4 is 17.4 Å². The lowest BCUT2D eigenvalue weighted by Crippen LogP contribution is -2.23. The van der Waals surface area contributed by atoms with Crippen LogP contribution < -0.4 is 11.1 Å². The average Bonchev–Trinajstić information content (AvgIpc) is 2.42. The van der Waals surface area contributed by atoms with Crippen molar-refractivity contribution in [2.24, 2.45) is 0 Å². The molecule has 0 radical (unpaired) electrons. The molecule has 20 heavy (non-hydrogen) atoms. The Bertz CT molecular complexity index is 616. The first-order valence-electron chi connectivity index (χ1n) is 6.43. The van der Waals surface area contributed by atoms with Crippen LogP contribution in [-0.2, 0) is 0 Å². The van der Waals surface area contributed by atoms with Crippen LogP contribution in [0.2, 0.25) is 5.02 Å². The number of anilines is 1. The highest BCUT2D eigenvalue weighted by Gasteiger charge is 2.18. The van der Waals surface area contributed by atoms with E-state index >= 15 is 0 Å². The van der Waals surface area contributed by atoms with Crippen molar-refractivity contribution in [3.8, 4) is 0 Å². The molecule has 5 heteroatoms. The number of benzene rings is 1. The maximum Gasteiger partial charge on any atom is 0.141 e. The Morgan fingerprint density at radius 2 is 2.15 bits per heavy atom. The third-order valence-corrected chi connectivity index (χ3v) is 3.37. The molecule has 1 aromatic carbocycles. The lowest BCUT2D eigenvalue weighted by molar-refractivity contribution is 0.613. The topological polar surface area (TPSA) is 50.9 Å². The molecule has 1 heterocycles. The summed E-state index contributed by atoms with van der Waals surface area (Å²) in [5.41, 5.74) is 8.72. The predicted octanol–water partition coefficient (Wildman–Crippen LogP) is 3.46. The highest BCUT2D eigenvalue weighted by molar-refractivity contribution is 6.30. The highest BCUT2D eigenvalue weighted by atomic mass is 35.5. The van der Waals surface area contributed by atoms with Crippen LogP contribution in [0.5, 0.6) is 0 Å². The summed E-state index contributed by atoms with van der Waals surface area (Å²) >= 11 is 5.87. The fraction of sp³-hybridized carbons (Fsp3) is 0.267. The van der Waals surface area contributed by atoms with E-state index in [2.05, 4.69) is 10.3 Å². The minimum Gasteiger partial charge on any atom is -0.383 e. The number of aromatic nitrogens is 1. The molecular formula is C15H17ClFN3. The number of aryl methyl sites for hydroxylation is 1. The molecule has 0 spiro atoms. The Morgan fingerprint density at radius 1 is 1.40 bits per heavy atom. The van der Waals surface area contributed by atoms with Gasteiger partial charge in [-0.1, -0.05) is 24.6 Å². The van der Waals surface area contributed by atoms with Gasteiger partial charge >= 0.3 is 0 Å². The van der Waals surface area contributed by atoms with Gasteiger partial charge in [-0.05, 0) is 42.8 Å². The van der Waals surface area contributed by atoms with Gasteiger partial charge < -0.3 is 11.1 Å². The summed E-state index contributed by atoms with van der Waals surface area (Å²) in [5, 5.41) is 3.43. The highest BCUT2D eigenvalue weighted by Crippen LogP contribution is 2.28. The van der Waals surface area contributed by atoms with Crippen molar-refractivity contribution in [1.82, 2.24) is 10.3 Å². The maximum absolute atomic E-state index is 13.3. The van der Waals surface area contributed by atoms with Crippen molar-refractivity contribution in [3.05, 3.63) is 58.0 Å². The molecule has 3 N–H and O–H groups in total. The van der Waals surface area contributed by atoms with E-state index in [0.29, 0.717) is 5.82 Å². The van der Waals surface area contributed by atoms with Gasteiger partial charge in [0, 0.05) is 11.8 Å². The quantitative estimate of drug-likeness (QED) is 0.907. The average molecular weight is 294 g/mol. The normalized spacial score (nSPS) is 12.4. The first-order chi connectivity index (χ1) is 9.52. The number of hydrogen-bond donors (Lipinski definition) is 2. The molecule has 0 fully saturated rings. The van der Waals surface area contributed by atoms with E-state index in [9.17, 15) is 4.39 Å². The second-order valence-electron chi connectivity index (χ2n) is 4.65. The Balaban J connectivity index is 2.49. The Labute approximate surface area is 123 Å². The Hall–Kier alpha value is -1.65. The van der Waals surface area contributed by atoms with E-state index in [1.54, 1.807) is 18.3 Å². The number of rotatable bonds is 4. The van der Waals surface area contributed by atoms with Gasteiger partial charge in [0.1, 0.15) is 11.6 Å². The third-order valence-electron chi connectivity index (χ3n) is 3.08. The van der Waals surface area contributed by atoms with Crippen LogP contribution in [0.15, 0.2) is 30.5 Å². The number of nitrogen functional groups attached to an aromatic ring is 1. The molecule has 1 atom stereocenters. The van der Waals surface area contributed by atoms with E-state index in [1.165, 1.54) is 6.07 Å². The molecule has 0 amide bonds. The molecular weight excluding hydrogens is 277 g/mol. The van der Waals surface area contributed by atoms with Crippen molar-refractivity contribution < 1.29 is 4.39 Å². The van der Waals surface area contributed by atoms with E-state index in [0.717, 1.165) is 23.2 Å². The summed E-state index contributed by atoms with van der Waals surface area (Å²) < 4.78 is 13.3. The first-order valence-corrected chi connectivity index (χ1v) is 6.81. The summed E-state index contributed by atoms with van der Waals surface area (Å²) in [5.74, 6) is 0.0306. The molecule has 0 bridgehead atoms. The number of pyridine rings is 1. The van der Waals surface area contributed by atoms with E-state index in [-0.39, 0.29) is 11.1 Å². The summed E-state index contributed by atoms with van der Waals surface area (Å²) in [6.07, 6.45) is 1.72. The molecule has 1 unspecified atom stereocenters. The largest absolute Gasteiger partial charge is 0.383 e. The van der Waals surface area contributed by atoms with Crippen LogP contribution in [0.4, 0.5) is 10.2 Å². The summed E-state index contributed by atoms with van der Waals surface area (Å²) in [6, 6.07) is 6.50. The van der Waals surface area contributed by atoms with Crippen molar-refractivity contribution in [3.63, 3.8) is 0 Å². The van der Waals surface area contributed by atoms with Gasteiger partial charge in [-0.15, -0.1) is 0 Å². The van der Waals surface area contributed by atoms with Crippen LogP contribution in [0.3, 0.4) is 0 Å². The molecule has 3 nitrogen and oxygen atoms in total. The molecule has 0 aliphatic heterocycles. The number of hydrogen-bond acceptors (Lipinski definition) is 3. The summed E-state index contributed by atoms with van der Waals surface area (Å²) in [6.45, 7) is 4.70. The predicted molar refractivity (Wildman–Crippen MR) is 80.3 cm³/mol. The van der Waals surface area contributed by atoms with E-state index < -0.39 is 5.82 Å². The Kier molecular flexibility index (Phi) is 4.57. The van der Waals surface area contributed by atoms with Gasteiger partial charge in [0.05, 0.1) is 11.1 Å². The molecule has 1 aromatic heterocycles. The minimum absolute atomic E-state index is 0.101. The van der Waals surface area contributed by atoms with Gasteiger partial charge in [0.25, 0.3) is 0 Å². The molecule has 0 saturated heterocycles. The lowest BCUT2D eigenvalue weighted by atomic mass is 9.98. The SMILES string of the molecule is CCNC(c1ccc(F)c(Cl)c1)c1cc(C)cnc1N. The Morgan fingerprint density at radius 3 is 2.80 bits per heavy atom. The van der Waals surface area contributed by atoms with Crippen molar-refractivity contribution in [2.45, 2.75) is 19.9 Å².